The summed E-state index contributed by atoms with van der Waals surface area (Å²) in [6.45, 7) is 7.06. The smallest absolute Gasteiger partial charge is 0.331 e. The van der Waals surface area contributed by atoms with Crippen molar-refractivity contribution in [1.29, 1.82) is 0 Å². The molecule has 0 amide bonds. The first-order chi connectivity index (χ1) is 39.2. The number of carbonyl (C=O) groups excluding carboxylic acids is 1. The molecule has 0 aromatic carbocycles. The molecule has 0 aromatic heterocycles. The maximum absolute atomic E-state index is 12.8. The Balaban J connectivity index is 4.53. The second kappa shape index (κ2) is 47.0. The maximum Gasteiger partial charge on any atom is 0.331 e. The Kier molecular flexibility index (Phi) is 44.0. The third-order valence-corrected chi connectivity index (χ3v) is 13.4. The third kappa shape index (κ3) is 41.4. The van der Waals surface area contributed by atoms with E-state index < -0.39 is 103 Å². The molecule has 0 rings (SSSR count). The topological polar surface area (TPSA) is 402 Å². The molecule has 20 heteroatoms. The van der Waals surface area contributed by atoms with E-state index in [4.69, 9.17) is 16.6 Å². The van der Waals surface area contributed by atoms with Crippen molar-refractivity contribution in [1.82, 2.24) is 0 Å². The molecule has 19 N–H and O–H groups in total. The maximum atomic E-state index is 12.8. The molecule has 17 unspecified atom stereocenters. The first-order valence-electron chi connectivity index (χ1n) is 28.6. The van der Waals surface area contributed by atoms with E-state index in [9.17, 15) is 81.1 Å². The molecule has 17 atom stereocenters. The number of hydrogen-bond donors (Lipinski definition) is 17. The van der Waals surface area contributed by atoms with Gasteiger partial charge in [-0.1, -0.05) is 161 Å². The predicted octanol–water partition coefficient (Wildman–Crippen LogP) is 3.40. The number of allylic oxidation sites excluding steroid dienone is 16. The van der Waals surface area contributed by atoms with Crippen molar-refractivity contribution >= 4 is 17.7 Å². The fraction of sp³-hybridized carbons (Fsp3) is 0.571. The number of aliphatic hydroxyl groups excluding tert-OH is 14. The summed E-state index contributed by atoms with van der Waals surface area (Å²) in [7, 11) is 0. The highest BCUT2D eigenvalue weighted by Gasteiger charge is 2.29. The highest BCUT2D eigenvalue weighted by Crippen LogP contribution is 2.21. The predicted molar refractivity (Wildman–Crippen MR) is 324 cm³/mol. The lowest BCUT2D eigenvalue weighted by Gasteiger charge is -2.26. The summed E-state index contributed by atoms with van der Waals surface area (Å²) in [6.07, 6.45) is 24.2. The van der Waals surface area contributed by atoms with Crippen LogP contribution >= 0.6 is 0 Å². The summed E-state index contributed by atoms with van der Waals surface area (Å²) in [5.74, 6) is -2.75. The van der Waals surface area contributed by atoms with Gasteiger partial charge < -0.3 is 88.1 Å². The van der Waals surface area contributed by atoms with E-state index in [0.717, 1.165) is 12.8 Å². The van der Waals surface area contributed by atoms with Crippen LogP contribution in [0.1, 0.15) is 118 Å². The summed E-state index contributed by atoms with van der Waals surface area (Å²) in [4.78, 5) is 27.3. The van der Waals surface area contributed by atoms with Gasteiger partial charge in [0.25, 0.3) is 0 Å². The van der Waals surface area contributed by atoms with Crippen LogP contribution < -0.4 is 11.5 Å². The minimum atomic E-state index is -1.66. The zero-order valence-electron chi connectivity index (χ0n) is 48.8. The monoisotopic (exact) mass is 1170 g/mol. The second-order valence-corrected chi connectivity index (χ2v) is 21.2. The van der Waals surface area contributed by atoms with Crippen molar-refractivity contribution in [2.45, 2.75) is 203 Å². The van der Waals surface area contributed by atoms with E-state index in [1.165, 1.54) is 37.3 Å². The quantitative estimate of drug-likeness (QED) is 0.0104. The lowest BCUT2D eigenvalue weighted by Crippen LogP contribution is -2.41. The number of hydrogen-bond acceptors (Lipinski definition) is 17. The van der Waals surface area contributed by atoms with Crippen molar-refractivity contribution < 1.29 is 86.2 Å². The van der Waals surface area contributed by atoms with Gasteiger partial charge in [0.05, 0.1) is 79.4 Å². The van der Waals surface area contributed by atoms with Gasteiger partial charge in [0.1, 0.15) is 11.9 Å². The van der Waals surface area contributed by atoms with Crippen LogP contribution in [0.5, 0.6) is 0 Å². The number of rotatable bonds is 46. The molecular weight excluding hydrogens is 1070 g/mol. The van der Waals surface area contributed by atoms with Gasteiger partial charge in [-0.2, -0.15) is 0 Å². The zero-order chi connectivity index (χ0) is 62.7. The first-order valence-corrected chi connectivity index (χ1v) is 28.6. The number of aliphatic imine (C=N–C) groups is 1. The van der Waals surface area contributed by atoms with Gasteiger partial charge in [-0.3, -0.25) is 9.79 Å². The average molecular weight is 1170 g/mol. The molecule has 0 aliphatic heterocycles. The molecule has 0 saturated heterocycles. The van der Waals surface area contributed by atoms with Crippen LogP contribution in [0, 0.1) is 17.8 Å². The standard InChI is InChI=1S/C63H101N3O17/c1-43(26-19-15-11-10-12-16-20-27-44(2)62(82)83)60(80)46(4)56(76)34-22-18-14-9-7-5-6-8-13-17-21-33-55(75)45(3)57(77)41-53(73)38-49(69)30-23-28-47(67)36-52(72)37-48(68)29-24-31-50(70)39-54(74)42-59(79)61(81)58(78)40-51(71)32-25-35-66-63(64)65/h5-10,12-14,16-24,26-27,29-30,34,43,45-56,58-61,67-76,78-81H,11,15,25,28,31-33,35-42H2,1-4H3,(H,82,83)(H4,64,65,66)/b6-5+,9-7+,12-10+,13-8+,18-14+,20-16+,21-17+,26-19+,29-24+,30-23+,34-22+,44-27+. The summed E-state index contributed by atoms with van der Waals surface area (Å²) in [5, 5.41) is 154. The van der Waals surface area contributed by atoms with E-state index in [1.54, 1.807) is 80.7 Å². The van der Waals surface area contributed by atoms with Gasteiger partial charge in [-0.15, -0.1) is 0 Å². The molecule has 0 fully saturated rings. The Morgan fingerprint density at radius 1 is 0.470 bits per heavy atom. The van der Waals surface area contributed by atoms with E-state index in [1.807, 2.05) is 49.5 Å². The minimum Gasteiger partial charge on any atom is -0.478 e. The van der Waals surface area contributed by atoms with Crippen molar-refractivity contribution in [2.75, 3.05) is 6.54 Å². The molecule has 470 valence electrons. The molecule has 0 aliphatic rings. The van der Waals surface area contributed by atoms with Crippen LogP contribution in [0.2, 0.25) is 0 Å². The number of unbranched alkanes of at least 4 members (excludes halogenated alkanes) is 1. The van der Waals surface area contributed by atoms with Crippen LogP contribution in [-0.4, -0.2) is 186 Å². The van der Waals surface area contributed by atoms with E-state index >= 15 is 0 Å². The molecule has 0 aromatic rings. The Morgan fingerprint density at radius 2 is 0.952 bits per heavy atom. The van der Waals surface area contributed by atoms with Gasteiger partial charge in [0.15, 0.2) is 5.96 Å². The average Bonchev–Trinajstić information content (AvgIpc) is 3.45. The molecule has 0 radical (unpaired) electrons. The van der Waals surface area contributed by atoms with Crippen molar-refractivity contribution in [3.05, 3.63) is 145 Å². The number of carbonyl (C=O) groups is 2. The highest BCUT2D eigenvalue weighted by molar-refractivity contribution is 5.86. The Labute approximate surface area is 491 Å². The Bertz CT molecular complexity index is 2160. The number of nitrogens with zero attached hydrogens (tertiary/aromatic N) is 1. The number of guanidine groups is 1. The molecular formula is C63H101N3O17. The summed E-state index contributed by atoms with van der Waals surface area (Å²) in [6, 6.07) is 0. The number of nitrogens with two attached hydrogens (primary N) is 2. The van der Waals surface area contributed by atoms with Gasteiger partial charge >= 0.3 is 5.97 Å². The minimum absolute atomic E-state index is 0.0000274. The van der Waals surface area contributed by atoms with Gasteiger partial charge in [-0.05, 0) is 64.7 Å². The first kappa shape index (κ1) is 77.7. The number of ketones is 1. The summed E-state index contributed by atoms with van der Waals surface area (Å²) < 4.78 is 0. The van der Waals surface area contributed by atoms with Crippen LogP contribution in [0.4, 0.5) is 0 Å². The summed E-state index contributed by atoms with van der Waals surface area (Å²) >= 11 is 0. The largest absolute Gasteiger partial charge is 0.478 e. The number of Topliss-reactive ketones (excluding diaryl/α,β-unsaturated/α-hetero) is 1. The van der Waals surface area contributed by atoms with Crippen LogP contribution in [-0.2, 0) is 9.59 Å². The van der Waals surface area contributed by atoms with Gasteiger partial charge in [0, 0.05) is 62.0 Å². The molecule has 0 saturated carbocycles. The van der Waals surface area contributed by atoms with Crippen LogP contribution in [0.25, 0.3) is 0 Å². The Hall–Kier alpha value is -5.27. The van der Waals surface area contributed by atoms with Crippen molar-refractivity contribution in [3.63, 3.8) is 0 Å². The molecule has 0 bridgehead atoms. The molecule has 83 heavy (non-hydrogen) atoms. The molecule has 20 nitrogen and oxygen atoms in total. The SMILES string of the molecule is C\C(=C/C=C/C=C/CC/C=C/C(C)C(O)C(C)C(O)/C=C/C=C/C=C/C=C/C=C/C=C/CC(O)C(C)C(=O)CC(O)CC(O)/C=C/CC(O)CC(O)CC(O)/C=C/CC(O)CC(O)CC(O)C(O)C(O)CC(O)CCCN=C(N)N)C(=O)O. The number of carboxylic acid groups (broad SMARTS) is 1. The zero-order valence-corrected chi connectivity index (χ0v) is 48.8. The highest BCUT2D eigenvalue weighted by atomic mass is 16.4. The fourth-order valence-corrected chi connectivity index (χ4v) is 8.15. The number of aliphatic carboxylic acids is 1. The molecule has 0 aliphatic carbocycles. The van der Waals surface area contributed by atoms with Crippen molar-refractivity contribution in [3.8, 4) is 0 Å². The fourth-order valence-electron chi connectivity index (χ4n) is 8.15. The van der Waals surface area contributed by atoms with E-state index in [2.05, 4.69) is 4.99 Å². The lowest BCUT2D eigenvalue weighted by atomic mass is 9.88. The summed E-state index contributed by atoms with van der Waals surface area (Å²) in [5.41, 5.74) is 10.7. The second-order valence-electron chi connectivity index (χ2n) is 21.2. The number of carboxylic acids is 1. The van der Waals surface area contributed by atoms with Crippen LogP contribution in [0.3, 0.4) is 0 Å². The molecule has 0 spiro atoms. The van der Waals surface area contributed by atoms with Gasteiger partial charge in [-0.25, -0.2) is 4.79 Å². The Morgan fingerprint density at radius 3 is 1.51 bits per heavy atom. The van der Waals surface area contributed by atoms with E-state index in [-0.39, 0.29) is 100 Å². The van der Waals surface area contributed by atoms with E-state index in [0.29, 0.717) is 6.42 Å². The van der Waals surface area contributed by atoms with Crippen LogP contribution in [0.15, 0.2) is 150 Å². The number of aliphatic hydroxyl groups is 14. The van der Waals surface area contributed by atoms with Crippen molar-refractivity contribution in [2.24, 2.45) is 34.2 Å². The normalized spacial score (nSPS) is 19.6. The lowest BCUT2D eigenvalue weighted by molar-refractivity contribution is -0.132. The molecule has 0 heterocycles. The van der Waals surface area contributed by atoms with Gasteiger partial charge in [0.2, 0.25) is 0 Å². The third-order valence-electron chi connectivity index (χ3n) is 13.4.